The summed E-state index contributed by atoms with van der Waals surface area (Å²) < 4.78 is 0. The van der Waals surface area contributed by atoms with Crippen molar-refractivity contribution in [2.75, 3.05) is 0 Å². The van der Waals surface area contributed by atoms with Gasteiger partial charge in [0.25, 0.3) is 5.91 Å². The van der Waals surface area contributed by atoms with Crippen LogP contribution in [0.25, 0.3) is 0 Å². The molecule has 1 atom stereocenters. The standard InChI is InChI=1S/C17H14Cl2N2O2/c1-17(13-4-2-3-5-14(13)19)15(22)21(16(23)20-17)10-11-6-8-12(18)9-7-11/h2-9H,10H2,1H3,(H,20,23). The van der Waals surface area contributed by atoms with Crippen molar-refractivity contribution in [3.63, 3.8) is 0 Å². The maximum Gasteiger partial charge on any atom is 0.325 e. The Balaban J connectivity index is 1.91. The van der Waals surface area contributed by atoms with E-state index in [0.29, 0.717) is 15.6 Å². The lowest BCUT2D eigenvalue weighted by Crippen LogP contribution is -2.41. The normalized spacial score (nSPS) is 20.7. The van der Waals surface area contributed by atoms with Crippen molar-refractivity contribution in [2.24, 2.45) is 0 Å². The van der Waals surface area contributed by atoms with Gasteiger partial charge in [-0.15, -0.1) is 0 Å². The molecule has 2 aromatic rings. The molecule has 0 aliphatic carbocycles. The van der Waals surface area contributed by atoms with E-state index in [0.717, 1.165) is 5.56 Å². The van der Waals surface area contributed by atoms with Crippen molar-refractivity contribution < 1.29 is 9.59 Å². The quantitative estimate of drug-likeness (QED) is 0.853. The Hall–Kier alpha value is -2.04. The third-order valence-electron chi connectivity index (χ3n) is 3.94. The second kappa shape index (κ2) is 5.87. The Morgan fingerprint density at radius 1 is 1.04 bits per heavy atom. The molecule has 0 saturated carbocycles. The zero-order valence-electron chi connectivity index (χ0n) is 12.3. The molecule has 1 aliphatic rings. The maximum absolute atomic E-state index is 12.8. The molecule has 0 bridgehead atoms. The van der Waals surface area contributed by atoms with E-state index in [4.69, 9.17) is 23.2 Å². The van der Waals surface area contributed by atoms with E-state index in [1.165, 1.54) is 4.90 Å². The van der Waals surface area contributed by atoms with Crippen LogP contribution in [0.15, 0.2) is 48.5 Å². The van der Waals surface area contributed by atoms with E-state index in [2.05, 4.69) is 5.32 Å². The molecule has 1 aliphatic heterocycles. The van der Waals surface area contributed by atoms with Crippen molar-refractivity contribution in [1.82, 2.24) is 10.2 Å². The predicted octanol–water partition coefficient (Wildman–Crippen LogP) is 3.96. The van der Waals surface area contributed by atoms with Gasteiger partial charge in [-0.25, -0.2) is 4.79 Å². The van der Waals surface area contributed by atoms with Gasteiger partial charge in [0.1, 0.15) is 5.54 Å². The first-order chi connectivity index (χ1) is 10.9. The Morgan fingerprint density at radius 3 is 2.35 bits per heavy atom. The fourth-order valence-electron chi connectivity index (χ4n) is 2.66. The van der Waals surface area contributed by atoms with Gasteiger partial charge in [0.05, 0.1) is 6.54 Å². The van der Waals surface area contributed by atoms with Crippen LogP contribution < -0.4 is 5.32 Å². The van der Waals surface area contributed by atoms with Gasteiger partial charge in [-0.2, -0.15) is 0 Å². The van der Waals surface area contributed by atoms with Gasteiger partial charge in [-0.3, -0.25) is 9.69 Å². The molecule has 1 heterocycles. The molecule has 2 aromatic carbocycles. The molecule has 0 aromatic heterocycles. The topological polar surface area (TPSA) is 49.4 Å². The molecular weight excluding hydrogens is 335 g/mol. The zero-order chi connectivity index (χ0) is 16.6. The van der Waals surface area contributed by atoms with Gasteiger partial charge < -0.3 is 5.32 Å². The molecule has 3 rings (SSSR count). The molecule has 0 spiro atoms. The van der Waals surface area contributed by atoms with Crippen molar-refractivity contribution in [1.29, 1.82) is 0 Å². The van der Waals surface area contributed by atoms with E-state index in [-0.39, 0.29) is 12.5 Å². The summed E-state index contributed by atoms with van der Waals surface area (Å²) in [6.07, 6.45) is 0. The van der Waals surface area contributed by atoms with E-state index in [1.54, 1.807) is 55.5 Å². The molecule has 3 amide bonds. The molecule has 23 heavy (non-hydrogen) atoms. The predicted molar refractivity (Wildman–Crippen MR) is 89.3 cm³/mol. The van der Waals surface area contributed by atoms with Crippen LogP contribution in [0.5, 0.6) is 0 Å². The number of urea groups is 1. The van der Waals surface area contributed by atoms with E-state index < -0.39 is 11.6 Å². The number of hydrogen-bond acceptors (Lipinski definition) is 2. The molecule has 6 heteroatoms. The third kappa shape index (κ3) is 2.80. The first kappa shape index (κ1) is 15.8. The summed E-state index contributed by atoms with van der Waals surface area (Å²) >= 11 is 12.0. The number of benzene rings is 2. The highest BCUT2D eigenvalue weighted by Gasteiger charge is 2.49. The highest BCUT2D eigenvalue weighted by atomic mass is 35.5. The minimum absolute atomic E-state index is 0.182. The average molecular weight is 349 g/mol. The van der Waals surface area contributed by atoms with Gasteiger partial charge in [0.2, 0.25) is 0 Å². The summed E-state index contributed by atoms with van der Waals surface area (Å²) in [5.74, 6) is -0.328. The number of nitrogens with one attached hydrogen (secondary N) is 1. The second-order valence-electron chi connectivity index (χ2n) is 5.55. The van der Waals surface area contributed by atoms with E-state index in [9.17, 15) is 9.59 Å². The highest BCUT2D eigenvalue weighted by Crippen LogP contribution is 2.34. The van der Waals surface area contributed by atoms with Crippen molar-refractivity contribution in [2.45, 2.75) is 19.0 Å². The average Bonchev–Trinajstić information content (AvgIpc) is 2.74. The van der Waals surface area contributed by atoms with E-state index in [1.807, 2.05) is 0 Å². The molecule has 1 saturated heterocycles. The molecule has 118 valence electrons. The van der Waals surface area contributed by atoms with Gasteiger partial charge >= 0.3 is 6.03 Å². The molecule has 1 fully saturated rings. The lowest BCUT2D eigenvalue weighted by molar-refractivity contribution is -0.131. The number of amides is 3. The number of rotatable bonds is 3. The number of carbonyl (C=O) groups is 2. The van der Waals surface area contributed by atoms with Gasteiger partial charge in [-0.05, 0) is 30.7 Å². The molecule has 4 nitrogen and oxygen atoms in total. The van der Waals surface area contributed by atoms with Crippen LogP contribution in [0.4, 0.5) is 4.79 Å². The number of hydrogen-bond donors (Lipinski definition) is 1. The van der Waals surface area contributed by atoms with Gasteiger partial charge in [0.15, 0.2) is 0 Å². The van der Waals surface area contributed by atoms with Gasteiger partial charge in [-0.1, -0.05) is 53.5 Å². The van der Waals surface area contributed by atoms with Crippen molar-refractivity contribution in [3.05, 3.63) is 69.7 Å². The zero-order valence-corrected chi connectivity index (χ0v) is 13.9. The maximum atomic E-state index is 12.8. The monoisotopic (exact) mass is 348 g/mol. The van der Waals surface area contributed by atoms with Crippen molar-refractivity contribution in [3.8, 4) is 0 Å². The lowest BCUT2D eigenvalue weighted by atomic mass is 9.92. The summed E-state index contributed by atoms with van der Waals surface area (Å²) in [4.78, 5) is 26.3. The van der Waals surface area contributed by atoms with Gasteiger partial charge in [0, 0.05) is 15.6 Å². The van der Waals surface area contributed by atoms with Crippen LogP contribution in [0.3, 0.4) is 0 Å². The van der Waals surface area contributed by atoms with Crippen LogP contribution >= 0.6 is 23.2 Å². The Labute approximate surface area is 144 Å². The van der Waals surface area contributed by atoms with Crippen LogP contribution in [0, 0.1) is 0 Å². The first-order valence-corrected chi connectivity index (χ1v) is 7.81. The summed E-state index contributed by atoms with van der Waals surface area (Å²) in [5.41, 5.74) is 0.238. The summed E-state index contributed by atoms with van der Waals surface area (Å²) in [7, 11) is 0. The summed E-state index contributed by atoms with van der Waals surface area (Å²) in [6.45, 7) is 1.85. The van der Waals surface area contributed by atoms with Crippen LogP contribution in [0.1, 0.15) is 18.1 Å². The number of halogens is 2. The fourth-order valence-corrected chi connectivity index (χ4v) is 3.11. The molecule has 0 radical (unpaired) electrons. The minimum Gasteiger partial charge on any atom is -0.319 e. The number of carbonyl (C=O) groups excluding carboxylic acids is 2. The van der Waals surface area contributed by atoms with Crippen LogP contribution in [0.2, 0.25) is 10.0 Å². The molecule has 1 N–H and O–H groups in total. The minimum atomic E-state index is -1.16. The highest BCUT2D eigenvalue weighted by molar-refractivity contribution is 6.32. The number of nitrogens with zero attached hydrogens (tertiary/aromatic N) is 1. The first-order valence-electron chi connectivity index (χ1n) is 7.05. The Kier molecular flexibility index (Phi) is 4.04. The molecule has 1 unspecified atom stereocenters. The van der Waals surface area contributed by atoms with Crippen molar-refractivity contribution >= 4 is 35.1 Å². The third-order valence-corrected chi connectivity index (χ3v) is 4.52. The van der Waals surface area contributed by atoms with Crippen LogP contribution in [-0.2, 0) is 16.9 Å². The fraction of sp³-hybridized carbons (Fsp3) is 0.176. The largest absolute Gasteiger partial charge is 0.325 e. The Morgan fingerprint density at radius 2 is 1.70 bits per heavy atom. The second-order valence-corrected chi connectivity index (χ2v) is 6.40. The summed E-state index contributed by atoms with van der Waals surface area (Å²) in [5, 5.41) is 3.79. The number of imide groups is 1. The lowest BCUT2D eigenvalue weighted by Gasteiger charge is -2.23. The SMILES string of the molecule is CC1(c2ccccc2Cl)NC(=O)N(Cc2ccc(Cl)cc2)C1=O. The summed E-state index contributed by atoms with van der Waals surface area (Å²) in [6, 6.07) is 13.6. The van der Waals surface area contributed by atoms with Crippen LogP contribution in [-0.4, -0.2) is 16.8 Å². The molecular formula is C17H14Cl2N2O2. The Bertz CT molecular complexity index is 776. The van der Waals surface area contributed by atoms with E-state index >= 15 is 0 Å². The smallest absolute Gasteiger partial charge is 0.319 e.